The van der Waals surface area contributed by atoms with Crippen LogP contribution in [0.1, 0.15) is 0 Å². The van der Waals surface area contributed by atoms with Gasteiger partial charge in [-0.2, -0.15) is 22.0 Å². The quantitative estimate of drug-likeness (QED) is 0.436. The van der Waals surface area contributed by atoms with E-state index in [2.05, 4.69) is 11.6 Å². The zero-order chi connectivity index (χ0) is 10.9. The lowest BCUT2D eigenvalue weighted by molar-refractivity contribution is -0.0796. The van der Waals surface area contributed by atoms with Crippen LogP contribution in [-0.4, -0.2) is 12.6 Å². The van der Waals surface area contributed by atoms with Crippen molar-refractivity contribution in [3.63, 3.8) is 0 Å². The van der Waals surface area contributed by atoms with Gasteiger partial charge in [0, 0.05) is 17.5 Å². The minimum Gasteiger partial charge on any atom is -0.196 e. The van der Waals surface area contributed by atoms with E-state index in [0.29, 0.717) is 11.7 Å². The lowest BCUT2D eigenvalue weighted by Crippen LogP contribution is -1.99. The summed E-state index contributed by atoms with van der Waals surface area (Å²) in [6, 6.07) is 0. The number of rotatable bonds is 0. The highest BCUT2D eigenvalue weighted by Crippen LogP contribution is 2.15. The third-order valence-corrected chi connectivity index (χ3v) is 0.542. The van der Waals surface area contributed by atoms with E-state index in [1.807, 2.05) is 0 Å². The first kappa shape index (κ1) is 14.7. The van der Waals surface area contributed by atoms with Crippen LogP contribution >= 0.6 is 11.6 Å². The summed E-state index contributed by atoms with van der Waals surface area (Å²) in [5, 5.41) is 0. The molecule has 0 fully saturated rings. The van der Waals surface area contributed by atoms with E-state index >= 15 is 0 Å². The Morgan fingerprint density at radius 1 is 1.23 bits per heavy atom. The maximum atomic E-state index is 10.9. The van der Waals surface area contributed by atoms with Gasteiger partial charge < -0.3 is 0 Å². The van der Waals surface area contributed by atoms with Crippen molar-refractivity contribution in [2.45, 2.75) is 12.6 Å². The normalized spacial score (nSPS) is 10.5. The van der Waals surface area contributed by atoms with E-state index in [0.717, 1.165) is 5.92 Å². The van der Waals surface area contributed by atoms with E-state index in [1.54, 1.807) is 0 Å². The first-order valence-electron chi connectivity index (χ1n) is 2.57. The summed E-state index contributed by atoms with van der Waals surface area (Å²) in [5.41, 5.74) is 0.431. The molecule has 13 heavy (non-hydrogen) atoms. The van der Waals surface area contributed by atoms with Gasteiger partial charge in [0.15, 0.2) is 0 Å². The van der Waals surface area contributed by atoms with Gasteiger partial charge in [0.25, 0.3) is 0 Å². The molecule has 0 unspecified atom stereocenters. The molecule has 0 saturated heterocycles. The Morgan fingerprint density at radius 2 is 1.69 bits per heavy atom. The van der Waals surface area contributed by atoms with Gasteiger partial charge >= 0.3 is 12.6 Å². The highest BCUT2D eigenvalue weighted by atomic mass is 35.5. The monoisotopic (exact) mass is 224 g/mol. The van der Waals surface area contributed by atoms with Gasteiger partial charge in [-0.05, 0) is 0 Å². The maximum absolute atomic E-state index is 10.9. The average molecular weight is 225 g/mol. The minimum atomic E-state index is -4.26. The molecule has 0 aromatic rings. The van der Waals surface area contributed by atoms with Gasteiger partial charge in [-0.25, -0.2) is 0 Å². The lowest BCUT2D eigenvalue weighted by Gasteiger charge is -1.92. The van der Waals surface area contributed by atoms with Crippen LogP contribution in [0.25, 0.3) is 0 Å². The number of alkyl halides is 5. The van der Waals surface area contributed by atoms with Crippen molar-refractivity contribution in [1.82, 2.24) is 0 Å². The summed E-state index contributed by atoms with van der Waals surface area (Å²) >= 11 is 4.59. The van der Waals surface area contributed by atoms with Crippen LogP contribution in [-0.2, 0) is 0 Å². The molecule has 0 bridgehead atoms. The SMILES string of the molecule is FC#CC(F)F.FC(F)(F)C=CCl. The smallest absolute Gasteiger partial charge is 0.196 e. The van der Waals surface area contributed by atoms with Crippen LogP contribution in [0.3, 0.4) is 0 Å². The molecule has 0 rings (SSSR count). The molecule has 0 N–H and O–H groups in total. The second kappa shape index (κ2) is 7.80. The van der Waals surface area contributed by atoms with Crippen molar-refractivity contribution in [2.75, 3.05) is 0 Å². The first-order chi connectivity index (χ1) is 5.83. The second-order valence-corrected chi connectivity index (χ2v) is 1.63. The van der Waals surface area contributed by atoms with E-state index < -0.39 is 12.6 Å². The molecule has 0 aliphatic rings. The predicted octanol–water partition coefficient (Wildman–Crippen LogP) is 3.48. The van der Waals surface area contributed by atoms with Crippen LogP contribution in [0.2, 0.25) is 0 Å². The fourth-order valence-electron chi connectivity index (χ4n) is 0.113. The summed E-state index contributed by atoms with van der Waals surface area (Å²) in [6.07, 6.45) is -6.58. The number of allylic oxidation sites excluding steroid dienone is 1. The Morgan fingerprint density at radius 3 is 1.69 bits per heavy atom. The number of hydrogen-bond donors (Lipinski definition) is 0. The van der Waals surface area contributed by atoms with Crippen molar-refractivity contribution in [2.24, 2.45) is 0 Å². The van der Waals surface area contributed by atoms with Crippen molar-refractivity contribution in [3.05, 3.63) is 11.6 Å². The third kappa shape index (κ3) is 24.7. The van der Waals surface area contributed by atoms with Gasteiger partial charge in [-0.3, -0.25) is 0 Å². The van der Waals surface area contributed by atoms with Crippen molar-refractivity contribution < 1.29 is 26.3 Å². The molecule has 0 aromatic heterocycles. The Labute approximate surface area is 75.2 Å². The summed E-state index contributed by atoms with van der Waals surface area (Å²) in [4.78, 5) is 0. The number of hydrogen-bond acceptors (Lipinski definition) is 0. The Balaban J connectivity index is 0. The Hall–Kier alpha value is -0.830. The van der Waals surface area contributed by atoms with Crippen molar-refractivity contribution in [1.29, 1.82) is 0 Å². The van der Waals surface area contributed by atoms with Crippen LogP contribution in [0.4, 0.5) is 26.3 Å². The molecule has 0 atom stereocenters. The molecule has 0 heterocycles. The van der Waals surface area contributed by atoms with Crippen molar-refractivity contribution in [3.8, 4) is 12.1 Å². The summed E-state index contributed by atoms with van der Waals surface area (Å²) in [5.74, 6) is 0.958. The Bertz CT molecular complexity index is 195. The second-order valence-electron chi connectivity index (χ2n) is 1.37. The largest absolute Gasteiger partial charge is 0.410 e. The van der Waals surface area contributed by atoms with E-state index in [1.165, 1.54) is 0 Å². The molecule has 76 valence electrons. The molecule has 0 aliphatic carbocycles. The molecule has 0 saturated carbocycles. The molecule has 7 heteroatoms. The third-order valence-electron chi connectivity index (χ3n) is 0.416. The first-order valence-corrected chi connectivity index (χ1v) is 3.01. The van der Waals surface area contributed by atoms with E-state index in [-0.39, 0.29) is 6.08 Å². The maximum Gasteiger partial charge on any atom is 0.410 e. The van der Waals surface area contributed by atoms with E-state index in [4.69, 9.17) is 0 Å². The topological polar surface area (TPSA) is 0 Å². The van der Waals surface area contributed by atoms with Crippen LogP contribution in [0.5, 0.6) is 0 Å². The molecule has 0 nitrogen and oxygen atoms in total. The molecule has 0 radical (unpaired) electrons. The summed E-state index contributed by atoms with van der Waals surface area (Å²) in [7, 11) is 0. The molecule has 0 spiro atoms. The molecular formula is C6H3ClF6. The van der Waals surface area contributed by atoms with Crippen LogP contribution in [0, 0.1) is 12.1 Å². The molecule has 0 amide bonds. The Kier molecular flexibility index (Phi) is 8.81. The fourth-order valence-corrected chi connectivity index (χ4v) is 0.256. The predicted molar refractivity (Wildman–Crippen MR) is 35.9 cm³/mol. The minimum absolute atomic E-state index is 0.0471. The van der Waals surface area contributed by atoms with Crippen LogP contribution < -0.4 is 0 Å². The van der Waals surface area contributed by atoms with Gasteiger partial charge in [-0.1, -0.05) is 11.6 Å². The molecule has 0 aromatic carbocycles. The summed E-state index contributed by atoms with van der Waals surface area (Å²) in [6.45, 7) is 0. The van der Waals surface area contributed by atoms with Gasteiger partial charge in [0.2, 0.25) is 0 Å². The van der Waals surface area contributed by atoms with Crippen molar-refractivity contribution >= 4 is 11.6 Å². The summed E-state index contributed by atoms with van der Waals surface area (Å²) < 4.78 is 64.3. The van der Waals surface area contributed by atoms with E-state index in [9.17, 15) is 26.3 Å². The number of halogens is 7. The van der Waals surface area contributed by atoms with Gasteiger partial charge in [-0.15, -0.1) is 4.39 Å². The highest BCUT2D eigenvalue weighted by Gasteiger charge is 2.21. The zero-order valence-electron chi connectivity index (χ0n) is 5.88. The standard InChI is InChI=1S/C3H2ClF3.C3HF3/c4-2-1-3(5,6)7;4-2-1-3(5)6/h1-2H;3H. The fraction of sp³-hybridized carbons (Fsp3) is 0.333. The lowest BCUT2D eigenvalue weighted by atomic mass is 10.6. The van der Waals surface area contributed by atoms with Gasteiger partial charge in [0.1, 0.15) is 6.17 Å². The van der Waals surface area contributed by atoms with Crippen LogP contribution in [0.15, 0.2) is 11.6 Å². The molecular weight excluding hydrogens is 222 g/mol. The average Bonchev–Trinajstić information content (AvgIpc) is 1.84. The zero-order valence-corrected chi connectivity index (χ0v) is 6.63. The van der Waals surface area contributed by atoms with Gasteiger partial charge in [0.05, 0.1) is 0 Å². The highest BCUT2D eigenvalue weighted by molar-refractivity contribution is 6.25. The molecule has 0 aliphatic heterocycles.